The van der Waals surface area contributed by atoms with Gasteiger partial charge < -0.3 is 0 Å². The van der Waals surface area contributed by atoms with Crippen LogP contribution < -0.4 is 0 Å². The highest BCUT2D eigenvalue weighted by Gasteiger charge is 2.21. The summed E-state index contributed by atoms with van der Waals surface area (Å²) in [7, 11) is 1.06. The SMILES string of the molecule is C=C(C)C(=O)C(=PC)N1CCCC1. The maximum atomic E-state index is 11.7. The highest BCUT2D eigenvalue weighted by atomic mass is 31.1. The van der Waals surface area contributed by atoms with Crippen molar-refractivity contribution < 1.29 is 4.79 Å². The Hall–Kier alpha value is -0.460. The second-order valence-electron chi connectivity index (χ2n) is 3.35. The third-order valence-electron chi connectivity index (χ3n) is 2.21. The van der Waals surface area contributed by atoms with Gasteiger partial charge in [-0.2, -0.15) is 0 Å². The summed E-state index contributed by atoms with van der Waals surface area (Å²) in [5, 5.41) is 0. The van der Waals surface area contributed by atoms with Gasteiger partial charge in [-0.25, -0.2) is 0 Å². The average Bonchev–Trinajstić information content (AvgIpc) is 2.58. The maximum Gasteiger partial charge on any atom is 0.203 e. The Kier molecular flexibility index (Phi) is 3.83. The van der Waals surface area contributed by atoms with Crippen LogP contribution in [-0.2, 0) is 4.79 Å². The Morgan fingerprint density at radius 1 is 1.38 bits per heavy atom. The predicted molar refractivity (Wildman–Crippen MR) is 58.5 cm³/mol. The minimum atomic E-state index is 0.131. The number of hydrogen-bond donors (Lipinski definition) is 0. The summed E-state index contributed by atoms with van der Waals surface area (Å²) in [6.45, 7) is 9.56. The van der Waals surface area contributed by atoms with Crippen molar-refractivity contribution in [2.45, 2.75) is 19.8 Å². The van der Waals surface area contributed by atoms with Gasteiger partial charge in [0.15, 0.2) is 0 Å². The van der Waals surface area contributed by atoms with Crippen molar-refractivity contribution in [2.24, 2.45) is 0 Å². The van der Waals surface area contributed by atoms with Crippen molar-refractivity contribution in [2.75, 3.05) is 19.8 Å². The molecule has 0 saturated carbocycles. The number of likely N-dealkylation sites (tertiary alicyclic amines) is 1. The van der Waals surface area contributed by atoms with Crippen LogP contribution in [0.4, 0.5) is 0 Å². The van der Waals surface area contributed by atoms with Crippen molar-refractivity contribution in [3.05, 3.63) is 12.2 Å². The predicted octanol–water partition coefficient (Wildman–Crippen LogP) is 1.93. The fourth-order valence-corrected chi connectivity index (χ4v) is 2.38. The van der Waals surface area contributed by atoms with E-state index in [4.69, 9.17) is 0 Å². The molecule has 1 heterocycles. The first-order valence-corrected chi connectivity index (χ1v) is 5.93. The first-order valence-electron chi connectivity index (χ1n) is 4.58. The van der Waals surface area contributed by atoms with Crippen molar-refractivity contribution in [1.29, 1.82) is 0 Å². The molecule has 0 bridgehead atoms. The molecule has 1 fully saturated rings. The van der Waals surface area contributed by atoms with Crippen molar-refractivity contribution in [1.82, 2.24) is 4.90 Å². The smallest absolute Gasteiger partial charge is 0.203 e. The van der Waals surface area contributed by atoms with Crippen molar-refractivity contribution in [3.8, 4) is 0 Å². The number of carbonyl (C=O) groups excluding carboxylic acids is 1. The summed E-state index contributed by atoms with van der Waals surface area (Å²) in [4.78, 5) is 13.9. The van der Waals surface area contributed by atoms with Crippen LogP contribution in [0, 0.1) is 0 Å². The zero-order valence-corrected chi connectivity index (χ0v) is 9.23. The van der Waals surface area contributed by atoms with E-state index in [0.29, 0.717) is 5.57 Å². The minimum Gasteiger partial charge on any atom is -0.288 e. The molecule has 0 aliphatic carbocycles. The highest BCUT2D eigenvalue weighted by Crippen LogP contribution is 2.14. The van der Waals surface area contributed by atoms with Crippen LogP contribution in [0.25, 0.3) is 0 Å². The summed E-state index contributed by atoms with van der Waals surface area (Å²) in [6.07, 6.45) is 2.42. The molecule has 13 heavy (non-hydrogen) atoms. The number of carbonyl (C=O) groups is 1. The van der Waals surface area contributed by atoms with E-state index in [9.17, 15) is 4.79 Å². The van der Waals surface area contributed by atoms with E-state index in [1.165, 1.54) is 12.8 Å². The number of ketones is 1. The van der Waals surface area contributed by atoms with E-state index >= 15 is 0 Å². The highest BCUT2D eigenvalue weighted by molar-refractivity contribution is 7.42. The Labute approximate surface area is 81.4 Å². The van der Waals surface area contributed by atoms with Crippen molar-refractivity contribution >= 4 is 19.4 Å². The number of Topliss-reactive ketones (excluding diaryl/α,β-unsaturated/α-hetero) is 1. The van der Waals surface area contributed by atoms with E-state index in [1.54, 1.807) is 6.92 Å². The van der Waals surface area contributed by atoms with E-state index < -0.39 is 0 Å². The number of rotatable bonds is 3. The standard InChI is InChI=1S/C10H16NOP/c1-8(2)9(12)10(13-3)11-6-4-5-7-11/h1,4-7H2,2-3H3. The van der Waals surface area contributed by atoms with Gasteiger partial charge in [0, 0.05) is 13.1 Å². The molecule has 0 aromatic heterocycles. The molecule has 0 aromatic rings. The lowest BCUT2D eigenvalue weighted by Gasteiger charge is -2.16. The summed E-state index contributed by atoms with van der Waals surface area (Å²) >= 11 is 0. The monoisotopic (exact) mass is 197 g/mol. The molecule has 3 heteroatoms. The average molecular weight is 197 g/mol. The molecule has 2 nitrogen and oxygen atoms in total. The Morgan fingerprint density at radius 3 is 2.31 bits per heavy atom. The van der Waals surface area contributed by atoms with Crippen molar-refractivity contribution in [3.63, 3.8) is 0 Å². The minimum absolute atomic E-state index is 0.131. The van der Waals surface area contributed by atoms with Crippen LogP contribution >= 0.6 is 8.20 Å². The Bertz CT molecular complexity index is 252. The van der Waals surface area contributed by atoms with Crippen LogP contribution in [0.2, 0.25) is 0 Å². The largest absolute Gasteiger partial charge is 0.288 e. The molecule has 72 valence electrons. The summed E-state index contributed by atoms with van der Waals surface area (Å²) in [5.74, 6) is 0.131. The molecule has 1 rings (SSSR count). The molecule has 0 amide bonds. The van der Waals surface area contributed by atoms with Gasteiger partial charge in [0.25, 0.3) is 0 Å². The topological polar surface area (TPSA) is 20.3 Å². The van der Waals surface area contributed by atoms with E-state index in [2.05, 4.69) is 11.5 Å². The maximum absolute atomic E-state index is 11.7. The van der Waals surface area contributed by atoms with Gasteiger partial charge in [0.2, 0.25) is 5.78 Å². The quantitative estimate of drug-likeness (QED) is 0.509. The van der Waals surface area contributed by atoms with Crippen LogP contribution in [0.15, 0.2) is 12.2 Å². The van der Waals surface area contributed by atoms with Gasteiger partial charge in [-0.05, 0) is 32.0 Å². The summed E-state index contributed by atoms with van der Waals surface area (Å²) in [6, 6.07) is 0. The summed E-state index contributed by atoms with van der Waals surface area (Å²) in [5.41, 5.74) is 1.57. The first-order chi connectivity index (χ1) is 6.16. The zero-order valence-electron chi connectivity index (χ0n) is 8.34. The zero-order chi connectivity index (χ0) is 9.84. The van der Waals surface area contributed by atoms with Crippen LogP contribution in [0.3, 0.4) is 0 Å². The molecule has 0 aromatic carbocycles. The van der Waals surface area contributed by atoms with E-state index in [-0.39, 0.29) is 5.78 Å². The molecule has 1 aliphatic rings. The lowest BCUT2D eigenvalue weighted by Crippen LogP contribution is -2.33. The van der Waals surface area contributed by atoms with E-state index in [0.717, 1.165) is 26.7 Å². The van der Waals surface area contributed by atoms with Gasteiger partial charge in [-0.15, -0.1) is 0 Å². The molecular weight excluding hydrogens is 181 g/mol. The van der Waals surface area contributed by atoms with E-state index in [1.807, 2.05) is 6.66 Å². The molecule has 0 spiro atoms. The van der Waals surface area contributed by atoms with Crippen LogP contribution in [0.1, 0.15) is 19.8 Å². The third-order valence-corrected chi connectivity index (χ3v) is 3.12. The fraction of sp³-hybridized carbons (Fsp3) is 0.600. The molecule has 0 atom stereocenters. The Morgan fingerprint density at radius 2 is 1.92 bits per heavy atom. The van der Waals surface area contributed by atoms with Gasteiger partial charge in [0.05, 0.1) is 5.42 Å². The molecule has 1 aliphatic heterocycles. The van der Waals surface area contributed by atoms with Crippen LogP contribution in [0.5, 0.6) is 0 Å². The molecule has 1 saturated heterocycles. The van der Waals surface area contributed by atoms with Crippen LogP contribution in [-0.4, -0.2) is 35.9 Å². The lowest BCUT2D eigenvalue weighted by atomic mass is 10.2. The molecule has 0 N–H and O–H groups in total. The number of hydrogen-bond acceptors (Lipinski definition) is 1. The second-order valence-corrected chi connectivity index (χ2v) is 4.22. The van der Waals surface area contributed by atoms with Gasteiger partial charge in [-0.3, -0.25) is 9.69 Å². The second kappa shape index (κ2) is 4.69. The van der Waals surface area contributed by atoms with Gasteiger partial charge in [-0.1, -0.05) is 14.8 Å². The summed E-state index contributed by atoms with van der Waals surface area (Å²) < 4.78 is 0. The molecule has 0 radical (unpaired) electrons. The lowest BCUT2D eigenvalue weighted by molar-refractivity contribution is -0.110. The van der Waals surface area contributed by atoms with Gasteiger partial charge >= 0.3 is 0 Å². The third kappa shape index (κ3) is 2.49. The normalized spacial score (nSPS) is 19.1. The van der Waals surface area contributed by atoms with Gasteiger partial charge in [0.1, 0.15) is 0 Å². The molecule has 0 unspecified atom stereocenters. The first kappa shape index (κ1) is 10.6. The Balaban J connectivity index is 2.73. The fourth-order valence-electron chi connectivity index (χ4n) is 1.51. The molecular formula is C10H16NOP. The number of nitrogens with zero attached hydrogens (tertiary/aromatic N) is 1.